The zero-order chi connectivity index (χ0) is 41.1. The Bertz CT molecular complexity index is 1050. The second-order valence-corrected chi connectivity index (χ2v) is 16.6. The summed E-state index contributed by atoms with van der Waals surface area (Å²) in [6.45, 7) is 3.65. The molecule has 0 aliphatic heterocycles. The van der Waals surface area contributed by atoms with Gasteiger partial charge in [0.1, 0.15) is 6.61 Å². The number of allylic oxidation sites excluding steroid dienone is 8. The first-order chi connectivity index (χ1) is 27.3. The summed E-state index contributed by atoms with van der Waals surface area (Å²) in [5, 5.41) is 0. The van der Waals surface area contributed by atoms with Crippen LogP contribution in [0.25, 0.3) is 0 Å². The van der Waals surface area contributed by atoms with Gasteiger partial charge in [0.25, 0.3) is 0 Å². The molecule has 56 heavy (non-hydrogen) atoms. The van der Waals surface area contributed by atoms with Crippen LogP contribution in [0.1, 0.15) is 219 Å². The number of hydrogen-bond donors (Lipinski definition) is 2. The molecule has 9 heteroatoms. The lowest BCUT2D eigenvalue weighted by Gasteiger charge is -2.18. The summed E-state index contributed by atoms with van der Waals surface area (Å²) in [5.41, 5.74) is 0. The summed E-state index contributed by atoms with van der Waals surface area (Å²) in [4.78, 5) is 43.0. The van der Waals surface area contributed by atoms with Gasteiger partial charge < -0.3 is 19.3 Å². The van der Waals surface area contributed by atoms with E-state index in [9.17, 15) is 14.2 Å². The third kappa shape index (κ3) is 44.7. The molecule has 0 bridgehead atoms. The molecule has 0 rings (SSSR count). The maximum Gasteiger partial charge on any atom is 0.469 e. The van der Waals surface area contributed by atoms with Crippen molar-refractivity contribution >= 4 is 19.8 Å². The first-order valence-electron chi connectivity index (χ1n) is 22.9. The maximum absolute atomic E-state index is 12.4. The molecule has 0 aliphatic carbocycles. The number of carbonyl (C=O) groups is 2. The van der Waals surface area contributed by atoms with Gasteiger partial charge in [-0.2, -0.15) is 0 Å². The highest BCUT2D eigenvalue weighted by atomic mass is 31.2. The van der Waals surface area contributed by atoms with Gasteiger partial charge in [-0.1, -0.05) is 178 Å². The first-order valence-corrected chi connectivity index (χ1v) is 24.5. The number of rotatable bonds is 42. The standard InChI is InChI=1S/C47H85O8P/c1-3-5-7-9-11-13-15-17-19-21-22-23-24-26-28-30-32-34-36-38-40-42-47(49)55-45(44-54-56(50,51)52)43-53-46(48)41-39-37-35-33-31-29-27-25-20-18-16-14-12-10-8-6-4-2/h12,14,17-20,27,29,45H,3-11,13,15-16,21-26,28,30-44H2,1-2H3,(H2,50,51,52)/b14-12-,19-17-,20-18-,29-27-/t45-/m1/s1. The van der Waals surface area contributed by atoms with E-state index in [1.807, 2.05) is 0 Å². The van der Waals surface area contributed by atoms with Crippen LogP contribution in [0.3, 0.4) is 0 Å². The van der Waals surface area contributed by atoms with Crippen LogP contribution in [0, 0.1) is 0 Å². The van der Waals surface area contributed by atoms with Crippen molar-refractivity contribution in [3.05, 3.63) is 48.6 Å². The minimum absolute atomic E-state index is 0.206. The zero-order valence-corrected chi connectivity index (χ0v) is 36.9. The molecule has 0 saturated carbocycles. The van der Waals surface area contributed by atoms with E-state index in [0.29, 0.717) is 12.8 Å². The number of carbonyl (C=O) groups excluding carboxylic acids is 2. The summed E-state index contributed by atoms with van der Waals surface area (Å²) in [5.74, 6) is -0.907. The molecule has 2 N–H and O–H groups in total. The Labute approximate surface area is 344 Å². The van der Waals surface area contributed by atoms with Gasteiger partial charge in [-0.25, -0.2) is 4.57 Å². The van der Waals surface area contributed by atoms with Crippen LogP contribution in [-0.2, 0) is 28.2 Å². The summed E-state index contributed by atoms with van der Waals surface area (Å²) in [6.07, 6.45) is 52.6. The van der Waals surface area contributed by atoms with Crippen molar-refractivity contribution in [3.63, 3.8) is 0 Å². The van der Waals surface area contributed by atoms with Crippen molar-refractivity contribution in [2.75, 3.05) is 13.2 Å². The molecule has 0 spiro atoms. The van der Waals surface area contributed by atoms with Gasteiger partial charge in [-0.15, -0.1) is 0 Å². The van der Waals surface area contributed by atoms with Crippen LogP contribution < -0.4 is 0 Å². The second kappa shape index (κ2) is 42.6. The fourth-order valence-corrected chi connectivity index (χ4v) is 6.74. The summed E-state index contributed by atoms with van der Waals surface area (Å²) >= 11 is 0. The van der Waals surface area contributed by atoms with Crippen molar-refractivity contribution < 1.29 is 37.9 Å². The molecule has 1 atom stereocenters. The van der Waals surface area contributed by atoms with Crippen LogP contribution in [0.2, 0.25) is 0 Å². The van der Waals surface area contributed by atoms with Crippen molar-refractivity contribution in [2.24, 2.45) is 0 Å². The minimum atomic E-state index is -4.76. The van der Waals surface area contributed by atoms with Gasteiger partial charge in [0.2, 0.25) is 0 Å². The monoisotopic (exact) mass is 809 g/mol. The highest BCUT2D eigenvalue weighted by Gasteiger charge is 2.22. The van der Waals surface area contributed by atoms with Crippen molar-refractivity contribution in [1.82, 2.24) is 0 Å². The van der Waals surface area contributed by atoms with Crippen LogP contribution in [0.15, 0.2) is 48.6 Å². The van der Waals surface area contributed by atoms with Gasteiger partial charge >= 0.3 is 19.8 Å². The van der Waals surface area contributed by atoms with Crippen LogP contribution in [-0.4, -0.2) is 41.0 Å². The van der Waals surface area contributed by atoms with Gasteiger partial charge in [-0.3, -0.25) is 14.1 Å². The Kier molecular flexibility index (Phi) is 41.1. The van der Waals surface area contributed by atoms with Gasteiger partial charge in [-0.05, 0) is 77.0 Å². The van der Waals surface area contributed by atoms with Crippen LogP contribution >= 0.6 is 7.82 Å². The van der Waals surface area contributed by atoms with Gasteiger partial charge in [0.05, 0.1) is 6.61 Å². The fourth-order valence-electron chi connectivity index (χ4n) is 6.38. The average molecular weight is 809 g/mol. The predicted octanol–water partition coefficient (Wildman–Crippen LogP) is 14.3. The Morgan fingerprint density at radius 1 is 0.464 bits per heavy atom. The normalized spacial score (nSPS) is 12.9. The number of phosphoric ester groups is 1. The zero-order valence-electron chi connectivity index (χ0n) is 36.0. The molecule has 0 radical (unpaired) electrons. The Morgan fingerprint density at radius 2 is 0.804 bits per heavy atom. The van der Waals surface area contributed by atoms with E-state index >= 15 is 0 Å². The molecule has 0 aliphatic rings. The van der Waals surface area contributed by atoms with E-state index in [4.69, 9.17) is 19.3 Å². The fraction of sp³-hybridized carbons (Fsp3) is 0.787. The molecule has 8 nitrogen and oxygen atoms in total. The molecule has 0 aromatic heterocycles. The minimum Gasteiger partial charge on any atom is -0.462 e. The highest BCUT2D eigenvalue weighted by Crippen LogP contribution is 2.36. The van der Waals surface area contributed by atoms with Crippen LogP contribution in [0.4, 0.5) is 0 Å². The second-order valence-electron chi connectivity index (χ2n) is 15.4. The highest BCUT2D eigenvalue weighted by molar-refractivity contribution is 7.46. The topological polar surface area (TPSA) is 119 Å². The molecule has 0 aromatic rings. The molecule has 0 amide bonds. The third-order valence-corrected chi connectivity index (χ3v) is 10.3. The molecule has 326 valence electrons. The van der Waals surface area contributed by atoms with E-state index < -0.39 is 32.5 Å². The van der Waals surface area contributed by atoms with Crippen molar-refractivity contribution in [3.8, 4) is 0 Å². The SMILES string of the molecule is CCCCC/C=C\C/C=C\C/C=C\CCCCCCC(=O)OC[C@H](COP(=O)(O)O)OC(=O)CCCCCCCCCCCCC/C=C\CCCCCCCC. The maximum atomic E-state index is 12.4. The summed E-state index contributed by atoms with van der Waals surface area (Å²) in [7, 11) is -4.76. The average Bonchev–Trinajstić information content (AvgIpc) is 3.17. The number of unbranched alkanes of at least 4 members (excludes halogenated alkanes) is 24. The number of ether oxygens (including phenoxy) is 2. The number of hydrogen-bond acceptors (Lipinski definition) is 6. The molecule has 0 fully saturated rings. The number of phosphoric acid groups is 1. The lowest BCUT2D eigenvalue weighted by molar-refractivity contribution is -0.161. The molecular weight excluding hydrogens is 723 g/mol. The van der Waals surface area contributed by atoms with Gasteiger partial charge in [0, 0.05) is 12.8 Å². The van der Waals surface area contributed by atoms with Crippen LogP contribution in [0.5, 0.6) is 0 Å². The molecule has 0 heterocycles. The molecular formula is C47H85O8P. The lowest BCUT2D eigenvalue weighted by Crippen LogP contribution is -2.29. The van der Waals surface area contributed by atoms with Gasteiger partial charge in [0.15, 0.2) is 6.10 Å². The van der Waals surface area contributed by atoms with E-state index in [0.717, 1.165) is 57.8 Å². The van der Waals surface area contributed by atoms with Crippen molar-refractivity contribution in [2.45, 2.75) is 225 Å². The predicted molar refractivity (Wildman–Crippen MR) is 234 cm³/mol. The molecule has 0 unspecified atom stereocenters. The largest absolute Gasteiger partial charge is 0.469 e. The van der Waals surface area contributed by atoms with E-state index in [-0.39, 0.29) is 19.4 Å². The Morgan fingerprint density at radius 3 is 1.25 bits per heavy atom. The summed E-state index contributed by atoms with van der Waals surface area (Å²) < 4.78 is 26.4. The quantitative estimate of drug-likeness (QED) is 0.0271. The van der Waals surface area contributed by atoms with E-state index in [1.165, 1.54) is 122 Å². The summed E-state index contributed by atoms with van der Waals surface area (Å²) in [6, 6.07) is 0. The van der Waals surface area contributed by atoms with Crippen molar-refractivity contribution in [1.29, 1.82) is 0 Å². The van der Waals surface area contributed by atoms with E-state index in [1.54, 1.807) is 0 Å². The molecule has 0 aromatic carbocycles. The molecule has 0 saturated heterocycles. The number of esters is 2. The Balaban J connectivity index is 3.90. The van der Waals surface area contributed by atoms with E-state index in [2.05, 4.69) is 67.0 Å². The third-order valence-electron chi connectivity index (χ3n) is 9.82. The smallest absolute Gasteiger partial charge is 0.462 e. The first kappa shape index (κ1) is 54.0. The lowest BCUT2D eigenvalue weighted by atomic mass is 10.0. The Hall–Kier alpha value is -1.99.